The summed E-state index contributed by atoms with van der Waals surface area (Å²) < 4.78 is 18.2. The van der Waals surface area contributed by atoms with Gasteiger partial charge in [-0.3, -0.25) is 9.59 Å². The Bertz CT molecular complexity index is 1010. The normalized spacial score (nSPS) is 18.5. The van der Waals surface area contributed by atoms with E-state index in [-0.39, 0.29) is 41.9 Å². The summed E-state index contributed by atoms with van der Waals surface area (Å²) in [5, 5.41) is 1.85. The summed E-state index contributed by atoms with van der Waals surface area (Å²) in [6.45, 7) is 2.03. The van der Waals surface area contributed by atoms with E-state index in [0.717, 1.165) is 25.0 Å². The van der Waals surface area contributed by atoms with Crippen molar-refractivity contribution in [2.24, 2.45) is 0 Å². The van der Waals surface area contributed by atoms with Crippen molar-refractivity contribution in [3.05, 3.63) is 44.3 Å². The number of esters is 1. The first-order chi connectivity index (χ1) is 15.6. The molecule has 0 N–H and O–H groups in total. The van der Waals surface area contributed by atoms with Crippen LogP contribution in [0.1, 0.15) is 41.0 Å². The van der Waals surface area contributed by atoms with Gasteiger partial charge in [-0.1, -0.05) is 0 Å². The van der Waals surface area contributed by atoms with Crippen LogP contribution in [0.3, 0.4) is 0 Å². The van der Waals surface area contributed by atoms with E-state index in [1.807, 2.05) is 5.38 Å². The first-order valence-corrected chi connectivity index (χ1v) is 11.8. The predicted molar refractivity (Wildman–Crippen MR) is 117 cm³/mol. The van der Waals surface area contributed by atoms with Gasteiger partial charge >= 0.3 is 5.97 Å². The first-order valence-electron chi connectivity index (χ1n) is 10.8. The van der Waals surface area contributed by atoms with Gasteiger partial charge in [-0.15, -0.1) is 11.3 Å². The van der Waals surface area contributed by atoms with Gasteiger partial charge in [0.1, 0.15) is 17.9 Å². The Labute approximate surface area is 189 Å². The molecule has 9 nitrogen and oxygen atoms in total. The molecule has 0 aromatic carbocycles. The molecule has 0 radical (unpaired) electrons. The third-order valence-corrected chi connectivity index (χ3v) is 6.49. The number of nitrogens with zero attached hydrogens (tertiary/aromatic N) is 3. The number of hydrogen-bond acceptors (Lipinski definition) is 8. The first kappa shape index (κ1) is 22.5. The molecule has 2 aliphatic rings. The number of carbonyl (C=O) groups excluding carboxylic acids is 2. The van der Waals surface area contributed by atoms with Crippen molar-refractivity contribution >= 4 is 23.2 Å². The van der Waals surface area contributed by atoms with Gasteiger partial charge in [0.15, 0.2) is 0 Å². The number of thiazole rings is 1. The number of amides is 1. The van der Waals surface area contributed by atoms with E-state index in [9.17, 15) is 14.4 Å². The molecule has 172 valence electrons. The van der Waals surface area contributed by atoms with Crippen molar-refractivity contribution in [3.8, 4) is 5.75 Å². The van der Waals surface area contributed by atoms with Crippen LogP contribution in [0.15, 0.2) is 21.8 Å². The van der Waals surface area contributed by atoms with E-state index in [1.165, 1.54) is 24.5 Å². The number of ether oxygens (including phenoxy) is 3. The molecule has 4 rings (SSSR count). The van der Waals surface area contributed by atoms with Crippen LogP contribution in [0.5, 0.6) is 5.75 Å². The van der Waals surface area contributed by atoms with Crippen LogP contribution >= 0.6 is 11.3 Å². The van der Waals surface area contributed by atoms with Gasteiger partial charge in [0.2, 0.25) is 5.91 Å². The van der Waals surface area contributed by atoms with Crippen molar-refractivity contribution in [2.75, 3.05) is 33.4 Å². The Morgan fingerprint density at radius 2 is 2.16 bits per heavy atom. The van der Waals surface area contributed by atoms with Crippen molar-refractivity contribution in [1.29, 1.82) is 0 Å². The Balaban J connectivity index is 1.56. The molecule has 4 heterocycles. The van der Waals surface area contributed by atoms with Gasteiger partial charge in [0, 0.05) is 49.8 Å². The number of rotatable bonds is 6. The topological polar surface area (TPSA) is 100.0 Å². The monoisotopic (exact) mass is 461 g/mol. The fourth-order valence-corrected chi connectivity index (χ4v) is 4.71. The van der Waals surface area contributed by atoms with Crippen molar-refractivity contribution in [1.82, 2.24) is 14.5 Å². The molecule has 0 bridgehead atoms. The Kier molecular flexibility index (Phi) is 7.21. The van der Waals surface area contributed by atoms with Crippen LogP contribution in [0.4, 0.5) is 0 Å². The SMILES string of the molecule is COC(=O)c1c(OC[C@H]2CCCCO2)cc(=O)n2c1CCN(C(=O)Cc1cscn1)CC2. The molecule has 0 unspecified atom stereocenters. The van der Waals surface area contributed by atoms with Gasteiger partial charge in [-0.25, -0.2) is 9.78 Å². The second-order valence-electron chi connectivity index (χ2n) is 7.90. The maximum absolute atomic E-state index is 12.9. The van der Waals surface area contributed by atoms with Crippen molar-refractivity contribution in [3.63, 3.8) is 0 Å². The summed E-state index contributed by atoms with van der Waals surface area (Å²) in [4.78, 5) is 44.2. The molecule has 2 aliphatic heterocycles. The van der Waals surface area contributed by atoms with Crippen LogP contribution in [-0.4, -0.2) is 65.8 Å². The minimum Gasteiger partial charge on any atom is -0.490 e. The third kappa shape index (κ3) is 5.02. The van der Waals surface area contributed by atoms with Gasteiger partial charge in [0.05, 0.1) is 30.8 Å². The second-order valence-corrected chi connectivity index (χ2v) is 8.62. The highest BCUT2D eigenvalue weighted by Crippen LogP contribution is 2.25. The highest BCUT2D eigenvalue weighted by atomic mass is 32.1. The van der Waals surface area contributed by atoms with E-state index < -0.39 is 5.97 Å². The highest BCUT2D eigenvalue weighted by Gasteiger charge is 2.28. The van der Waals surface area contributed by atoms with E-state index in [2.05, 4.69) is 4.98 Å². The standard InChI is InChI=1S/C22H27N3O6S/c1-29-22(28)21-17-5-6-24(19(26)10-15-13-32-14-23-15)7-8-25(17)20(27)11-18(21)31-12-16-4-2-3-9-30-16/h11,13-14,16H,2-10,12H2,1H3/t16-/m1/s1. The van der Waals surface area contributed by atoms with Gasteiger partial charge < -0.3 is 23.7 Å². The van der Waals surface area contributed by atoms with Gasteiger partial charge in [-0.05, 0) is 19.3 Å². The lowest BCUT2D eigenvalue weighted by molar-refractivity contribution is -0.130. The Morgan fingerprint density at radius 1 is 1.28 bits per heavy atom. The van der Waals surface area contributed by atoms with Crippen LogP contribution in [-0.2, 0) is 33.7 Å². The molecule has 2 aromatic heterocycles. The quantitative estimate of drug-likeness (QED) is 0.603. The summed E-state index contributed by atoms with van der Waals surface area (Å²) >= 11 is 1.45. The molecule has 0 saturated carbocycles. The zero-order valence-electron chi connectivity index (χ0n) is 18.1. The number of aromatic nitrogens is 2. The number of pyridine rings is 1. The van der Waals surface area contributed by atoms with Crippen molar-refractivity contribution < 1.29 is 23.8 Å². The average molecular weight is 462 g/mol. The van der Waals surface area contributed by atoms with Crippen molar-refractivity contribution in [2.45, 2.75) is 44.8 Å². The molecule has 1 saturated heterocycles. The lowest BCUT2D eigenvalue weighted by Crippen LogP contribution is -2.35. The van der Waals surface area contributed by atoms with E-state index in [4.69, 9.17) is 14.2 Å². The summed E-state index contributed by atoms with van der Waals surface area (Å²) in [7, 11) is 1.30. The third-order valence-electron chi connectivity index (χ3n) is 5.85. The lowest BCUT2D eigenvalue weighted by atomic mass is 10.1. The number of fused-ring (bicyclic) bond motifs is 1. The van der Waals surface area contributed by atoms with E-state index >= 15 is 0 Å². The highest BCUT2D eigenvalue weighted by molar-refractivity contribution is 7.07. The summed E-state index contributed by atoms with van der Waals surface area (Å²) in [6.07, 6.45) is 3.48. The molecule has 32 heavy (non-hydrogen) atoms. The molecule has 10 heteroatoms. The zero-order valence-corrected chi connectivity index (χ0v) is 18.9. The molecule has 1 fully saturated rings. The maximum Gasteiger partial charge on any atom is 0.343 e. The number of carbonyl (C=O) groups is 2. The Hall–Kier alpha value is -2.72. The number of hydrogen-bond donors (Lipinski definition) is 0. The maximum atomic E-state index is 12.9. The largest absolute Gasteiger partial charge is 0.490 e. The fourth-order valence-electron chi connectivity index (χ4n) is 4.15. The fraction of sp³-hybridized carbons (Fsp3) is 0.545. The van der Waals surface area contributed by atoms with Gasteiger partial charge in [0.25, 0.3) is 5.56 Å². The summed E-state index contributed by atoms with van der Waals surface area (Å²) in [5.74, 6) is -0.401. The van der Waals surface area contributed by atoms with Crippen LogP contribution in [0.2, 0.25) is 0 Å². The summed E-state index contributed by atoms with van der Waals surface area (Å²) in [6, 6.07) is 1.34. The van der Waals surface area contributed by atoms with E-state index in [1.54, 1.807) is 15.0 Å². The predicted octanol–water partition coefficient (Wildman–Crippen LogP) is 1.67. The van der Waals surface area contributed by atoms with Crippen LogP contribution in [0, 0.1) is 0 Å². The van der Waals surface area contributed by atoms with Crippen LogP contribution < -0.4 is 10.3 Å². The molecule has 0 aliphatic carbocycles. The van der Waals surface area contributed by atoms with Gasteiger partial charge in [-0.2, -0.15) is 0 Å². The Morgan fingerprint density at radius 3 is 2.88 bits per heavy atom. The lowest BCUT2D eigenvalue weighted by Gasteiger charge is -2.24. The smallest absolute Gasteiger partial charge is 0.343 e. The molecular weight excluding hydrogens is 434 g/mol. The average Bonchev–Trinajstić information content (AvgIpc) is 3.21. The minimum atomic E-state index is -0.560. The van der Waals surface area contributed by atoms with E-state index in [0.29, 0.717) is 38.4 Å². The number of methoxy groups -OCH3 is 1. The zero-order chi connectivity index (χ0) is 22.5. The van der Waals surface area contributed by atoms with Crippen LogP contribution in [0.25, 0.3) is 0 Å². The molecule has 0 spiro atoms. The molecule has 2 aromatic rings. The molecule has 1 atom stereocenters. The second kappa shape index (κ2) is 10.3. The summed E-state index contributed by atoms with van der Waals surface area (Å²) in [5.41, 5.74) is 2.95. The molecular formula is C22H27N3O6S. The minimum absolute atomic E-state index is 0.0534. The molecule has 1 amide bonds.